The van der Waals surface area contributed by atoms with Crippen LogP contribution in [0.5, 0.6) is 0 Å². The number of hydrogen-bond acceptors (Lipinski definition) is 3. The number of anilines is 1. The Morgan fingerprint density at radius 3 is 2.60 bits per heavy atom. The minimum Gasteiger partial charge on any atom is -0.399 e. The maximum Gasteiger partial charge on any atom is 0.123 e. The molecule has 0 bridgehead atoms. The predicted octanol–water partition coefficient (Wildman–Crippen LogP) is 0.593. The summed E-state index contributed by atoms with van der Waals surface area (Å²) in [7, 11) is 0. The van der Waals surface area contributed by atoms with Gasteiger partial charge >= 0.3 is 0 Å². The molecule has 4 N–H and O–H groups in total. The van der Waals surface area contributed by atoms with Crippen LogP contribution in [-0.2, 0) is 0 Å². The first-order chi connectivity index (χ1) is 4.70. The summed E-state index contributed by atoms with van der Waals surface area (Å²) in [6.45, 7) is 3.55. The zero-order chi connectivity index (χ0) is 7.56. The van der Waals surface area contributed by atoms with E-state index in [0.29, 0.717) is 11.5 Å². The van der Waals surface area contributed by atoms with Crippen LogP contribution in [0.25, 0.3) is 5.70 Å². The van der Waals surface area contributed by atoms with Gasteiger partial charge in [-0.2, -0.15) is 0 Å². The van der Waals surface area contributed by atoms with Gasteiger partial charge in [-0.25, -0.2) is 4.98 Å². The molecule has 0 fully saturated rings. The van der Waals surface area contributed by atoms with Crippen LogP contribution in [0.3, 0.4) is 0 Å². The highest BCUT2D eigenvalue weighted by Crippen LogP contribution is 2.05. The highest BCUT2D eigenvalue weighted by molar-refractivity contribution is 5.59. The lowest BCUT2D eigenvalue weighted by molar-refractivity contribution is 1.31. The second-order valence-corrected chi connectivity index (χ2v) is 2.00. The average molecular weight is 135 g/mol. The van der Waals surface area contributed by atoms with Crippen molar-refractivity contribution in [2.45, 2.75) is 0 Å². The van der Waals surface area contributed by atoms with E-state index < -0.39 is 0 Å². The number of nitrogens with two attached hydrogens (primary N) is 2. The van der Waals surface area contributed by atoms with Gasteiger partial charge in [-0.15, -0.1) is 0 Å². The van der Waals surface area contributed by atoms with E-state index in [2.05, 4.69) is 11.6 Å². The minimum atomic E-state index is 0.491. The van der Waals surface area contributed by atoms with Crippen LogP contribution in [-0.4, -0.2) is 4.98 Å². The Balaban J connectivity index is 3.00. The van der Waals surface area contributed by atoms with Crippen molar-refractivity contribution < 1.29 is 0 Å². The summed E-state index contributed by atoms with van der Waals surface area (Å²) in [4.78, 5) is 3.84. The van der Waals surface area contributed by atoms with E-state index in [-0.39, 0.29) is 0 Å². The van der Waals surface area contributed by atoms with Crippen molar-refractivity contribution in [1.82, 2.24) is 4.98 Å². The van der Waals surface area contributed by atoms with Gasteiger partial charge in [-0.1, -0.05) is 6.58 Å². The lowest BCUT2D eigenvalue weighted by atomic mass is 10.2. The van der Waals surface area contributed by atoms with E-state index in [1.54, 1.807) is 18.3 Å². The van der Waals surface area contributed by atoms with Gasteiger partial charge in [0.25, 0.3) is 0 Å². The van der Waals surface area contributed by atoms with Crippen molar-refractivity contribution in [2.24, 2.45) is 5.73 Å². The van der Waals surface area contributed by atoms with Crippen molar-refractivity contribution in [3.05, 3.63) is 30.5 Å². The third-order valence-electron chi connectivity index (χ3n) is 1.16. The fourth-order valence-electron chi connectivity index (χ4n) is 0.595. The molecule has 0 saturated heterocycles. The Labute approximate surface area is 59.4 Å². The smallest absolute Gasteiger partial charge is 0.123 e. The molecule has 0 radical (unpaired) electrons. The fourth-order valence-corrected chi connectivity index (χ4v) is 0.595. The molecule has 1 rings (SSSR count). The first kappa shape index (κ1) is 6.61. The minimum absolute atomic E-state index is 0.491. The molecule has 0 aliphatic rings. The Kier molecular flexibility index (Phi) is 1.58. The van der Waals surface area contributed by atoms with Crippen molar-refractivity contribution in [2.75, 3.05) is 5.73 Å². The molecule has 0 unspecified atom stereocenters. The van der Waals surface area contributed by atoms with E-state index >= 15 is 0 Å². The summed E-state index contributed by atoms with van der Waals surface area (Å²) < 4.78 is 0. The monoisotopic (exact) mass is 135 g/mol. The summed E-state index contributed by atoms with van der Waals surface area (Å²) in [6, 6.07) is 3.47. The number of rotatable bonds is 1. The normalized spacial score (nSPS) is 9.20. The van der Waals surface area contributed by atoms with Crippen LogP contribution in [0.4, 0.5) is 5.82 Å². The number of nitrogen functional groups attached to an aromatic ring is 1. The molecule has 0 saturated carbocycles. The van der Waals surface area contributed by atoms with Crippen LogP contribution in [0.2, 0.25) is 0 Å². The van der Waals surface area contributed by atoms with Gasteiger partial charge in [0.15, 0.2) is 0 Å². The quantitative estimate of drug-likeness (QED) is 0.592. The van der Waals surface area contributed by atoms with E-state index in [1.165, 1.54) is 0 Å². The Morgan fingerprint density at radius 1 is 1.50 bits per heavy atom. The molecule has 3 nitrogen and oxygen atoms in total. The largest absolute Gasteiger partial charge is 0.399 e. The molecule has 1 aromatic rings. The van der Waals surface area contributed by atoms with Gasteiger partial charge in [-0.3, -0.25) is 0 Å². The van der Waals surface area contributed by atoms with Crippen LogP contribution in [0, 0.1) is 0 Å². The molecule has 10 heavy (non-hydrogen) atoms. The number of pyridine rings is 1. The molecule has 1 heterocycles. The number of aromatic nitrogens is 1. The molecule has 0 aliphatic carbocycles. The molecule has 52 valence electrons. The second kappa shape index (κ2) is 2.39. The molecule has 0 aromatic carbocycles. The molecular weight excluding hydrogens is 126 g/mol. The lowest BCUT2D eigenvalue weighted by Gasteiger charge is -1.97. The molecule has 0 aliphatic heterocycles. The number of nitrogens with zero attached hydrogens (tertiary/aromatic N) is 1. The first-order valence-corrected chi connectivity index (χ1v) is 2.86. The SMILES string of the molecule is C=C(N)c1ccc(N)nc1. The van der Waals surface area contributed by atoms with Crippen LogP contribution in [0.15, 0.2) is 24.9 Å². The molecule has 0 amide bonds. The van der Waals surface area contributed by atoms with Crippen molar-refractivity contribution in [3.8, 4) is 0 Å². The van der Waals surface area contributed by atoms with Gasteiger partial charge in [0.1, 0.15) is 5.82 Å². The van der Waals surface area contributed by atoms with Crippen molar-refractivity contribution >= 4 is 11.5 Å². The zero-order valence-electron chi connectivity index (χ0n) is 5.54. The average Bonchev–Trinajstić information content (AvgIpc) is 1.88. The maximum atomic E-state index is 5.39. The van der Waals surface area contributed by atoms with Gasteiger partial charge in [0.05, 0.1) is 0 Å². The molecule has 3 heteroatoms. The third-order valence-corrected chi connectivity index (χ3v) is 1.16. The van der Waals surface area contributed by atoms with Gasteiger partial charge in [-0.05, 0) is 12.1 Å². The molecule has 1 aromatic heterocycles. The van der Waals surface area contributed by atoms with Crippen molar-refractivity contribution in [1.29, 1.82) is 0 Å². The summed E-state index contributed by atoms with van der Waals surface area (Å²) in [5.41, 5.74) is 12.1. The Morgan fingerprint density at radius 2 is 2.20 bits per heavy atom. The summed E-state index contributed by atoms with van der Waals surface area (Å²) in [5.74, 6) is 0.491. The summed E-state index contributed by atoms with van der Waals surface area (Å²) >= 11 is 0. The van der Waals surface area contributed by atoms with Gasteiger partial charge < -0.3 is 11.5 Å². The third kappa shape index (κ3) is 1.25. The van der Waals surface area contributed by atoms with E-state index in [1.807, 2.05) is 0 Å². The van der Waals surface area contributed by atoms with E-state index in [4.69, 9.17) is 11.5 Å². The van der Waals surface area contributed by atoms with Crippen molar-refractivity contribution in [3.63, 3.8) is 0 Å². The van der Waals surface area contributed by atoms with E-state index in [0.717, 1.165) is 5.56 Å². The topological polar surface area (TPSA) is 64.9 Å². The van der Waals surface area contributed by atoms with Crippen LogP contribution >= 0.6 is 0 Å². The molecular formula is C7H9N3. The number of hydrogen-bond donors (Lipinski definition) is 2. The van der Waals surface area contributed by atoms with Gasteiger partial charge in [0.2, 0.25) is 0 Å². The standard InChI is InChI=1S/C7H9N3/c1-5(8)6-2-3-7(9)10-4-6/h2-4H,1,8H2,(H2,9,10). The summed E-state index contributed by atoms with van der Waals surface area (Å²) in [5, 5.41) is 0. The second-order valence-electron chi connectivity index (χ2n) is 2.00. The summed E-state index contributed by atoms with van der Waals surface area (Å²) in [6.07, 6.45) is 1.59. The predicted molar refractivity (Wildman–Crippen MR) is 41.9 cm³/mol. The lowest BCUT2D eigenvalue weighted by Crippen LogP contribution is -1.96. The van der Waals surface area contributed by atoms with Gasteiger partial charge in [0, 0.05) is 17.5 Å². The maximum absolute atomic E-state index is 5.39. The van der Waals surface area contributed by atoms with Crippen LogP contribution < -0.4 is 11.5 Å². The molecule has 0 spiro atoms. The Bertz CT molecular complexity index is 238. The zero-order valence-corrected chi connectivity index (χ0v) is 5.54. The van der Waals surface area contributed by atoms with E-state index in [9.17, 15) is 0 Å². The van der Waals surface area contributed by atoms with Crippen LogP contribution in [0.1, 0.15) is 5.56 Å². The highest BCUT2D eigenvalue weighted by atomic mass is 14.8. The highest BCUT2D eigenvalue weighted by Gasteiger charge is 1.91. The Hall–Kier alpha value is -1.51. The first-order valence-electron chi connectivity index (χ1n) is 2.86. The molecule has 0 atom stereocenters. The fraction of sp³-hybridized carbons (Fsp3) is 0.